The fourth-order valence-corrected chi connectivity index (χ4v) is 3.18. The molecule has 1 aromatic heterocycles. The predicted molar refractivity (Wildman–Crippen MR) is 96.9 cm³/mol. The summed E-state index contributed by atoms with van der Waals surface area (Å²) in [6.07, 6.45) is 1.75. The van der Waals surface area contributed by atoms with Crippen LogP contribution in [0.1, 0.15) is 11.7 Å². The van der Waals surface area contributed by atoms with Crippen LogP contribution in [0.3, 0.4) is 0 Å². The number of halogens is 2. The molecule has 0 radical (unpaired) electrons. The maximum absolute atomic E-state index is 6.13. The highest BCUT2D eigenvalue weighted by atomic mass is 35.5. The minimum atomic E-state index is -0.0678. The third-order valence-electron chi connectivity index (χ3n) is 4.14. The summed E-state index contributed by atoms with van der Waals surface area (Å²) in [4.78, 5) is 11.4. The molecule has 2 heterocycles. The zero-order chi connectivity index (χ0) is 16.5. The lowest BCUT2D eigenvalue weighted by Gasteiger charge is -2.34. The van der Waals surface area contributed by atoms with Crippen LogP contribution in [0.2, 0.25) is 10.0 Å². The number of anilines is 1. The van der Waals surface area contributed by atoms with E-state index in [1.165, 1.54) is 0 Å². The average Bonchev–Trinajstić information content (AvgIpc) is 2.64. The molecular weight excluding hydrogens is 345 g/mol. The number of benzene rings is 2. The maximum Gasteiger partial charge on any atom is 0.148 e. The standard InChI is InChI=1S/C18H15Cl2N3O/c19-13-6-5-12(9-14(13)20)17-11-23(7-8-24-17)18-10-21-15-3-1-2-4-16(15)22-18/h1-6,9-10,17H,7-8,11H2. The Kier molecular flexibility index (Phi) is 4.27. The molecule has 122 valence electrons. The normalized spacial score (nSPS) is 18.1. The minimum absolute atomic E-state index is 0.0678. The van der Waals surface area contributed by atoms with Crippen LogP contribution in [0.5, 0.6) is 0 Å². The number of morpholine rings is 1. The monoisotopic (exact) mass is 359 g/mol. The number of para-hydroxylation sites is 2. The molecule has 0 N–H and O–H groups in total. The third kappa shape index (κ3) is 3.05. The quantitative estimate of drug-likeness (QED) is 0.674. The van der Waals surface area contributed by atoms with Crippen LogP contribution in [0.15, 0.2) is 48.7 Å². The van der Waals surface area contributed by atoms with E-state index in [-0.39, 0.29) is 6.10 Å². The largest absolute Gasteiger partial charge is 0.370 e. The molecule has 0 spiro atoms. The van der Waals surface area contributed by atoms with Crippen molar-refractivity contribution < 1.29 is 4.74 Å². The number of ether oxygens (including phenoxy) is 1. The lowest BCUT2D eigenvalue weighted by molar-refractivity contribution is 0.0395. The summed E-state index contributed by atoms with van der Waals surface area (Å²) in [7, 11) is 0. The van der Waals surface area contributed by atoms with Gasteiger partial charge in [0.15, 0.2) is 0 Å². The van der Waals surface area contributed by atoms with Gasteiger partial charge in [0.2, 0.25) is 0 Å². The molecule has 24 heavy (non-hydrogen) atoms. The van der Waals surface area contributed by atoms with Crippen molar-refractivity contribution in [2.45, 2.75) is 6.10 Å². The van der Waals surface area contributed by atoms with Gasteiger partial charge in [0.1, 0.15) is 11.9 Å². The fourth-order valence-electron chi connectivity index (χ4n) is 2.87. The Bertz CT molecular complexity index is 887. The van der Waals surface area contributed by atoms with E-state index in [0.29, 0.717) is 23.2 Å². The van der Waals surface area contributed by atoms with Gasteiger partial charge in [-0.15, -0.1) is 0 Å². The van der Waals surface area contributed by atoms with E-state index in [2.05, 4.69) is 9.88 Å². The number of fused-ring (bicyclic) bond motifs is 1. The van der Waals surface area contributed by atoms with Gasteiger partial charge >= 0.3 is 0 Å². The van der Waals surface area contributed by atoms with Gasteiger partial charge in [-0.1, -0.05) is 41.4 Å². The second-order valence-electron chi connectivity index (χ2n) is 5.70. The van der Waals surface area contributed by atoms with Crippen LogP contribution < -0.4 is 4.90 Å². The van der Waals surface area contributed by atoms with Crippen LogP contribution in [-0.4, -0.2) is 29.7 Å². The summed E-state index contributed by atoms with van der Waals surface area (Å²) in [6.45, 7) is 2.11. The summed E-state index contributed by atoms with van der Waals surface area (Å²) >= 11 is 12.1. The Balaban J connectivity index is 1.60. The lowest BCUT2D eigenvalue weighted by atomic mass is 10.1. The van der Waals surface area contributed by atoms with E-state index in [9.17, 15) is 0 Å². The Morgan fingerprint density at radius 2 is 1.88 bits per heavy atom. The molecule has 6 heteroatoms. The van der Waals surface area contributed by atoms with Gasteiger partial charge in [0, 0.05) is 13.1 Å². The van der Waals surface area contributed by atoms with Gasteiger partial charge in [-0.2, -0.15) is 0 Å². The Morgan fingerprint density at radius 1 is 1.04 bits per heavy atom. The topological polar surface area (TPSA) is 38.2 Å². The van der Waals surface area contributed by atoms with Crippen LogP contribution in [-0.2, 0) is 4.74 Å². The SMILES string of the molecule is Clc1ccc(C2CN(c3cnc4ccccc4n3)CCO2)cc1Cl. The number of aromatic nitrogens is 2. The molecule has 1 aliphatic heterocycles. The van der Waals surface area contributed by atoms with E-state index in [1.807, 2.05) is 42.6 Å². The first-order valence-electron chi connectivity index (χ1n) is 7.74. The predicted octanol–water partition coefficient (Wildman–Crippen LogP) is 4.51. The van der Waals surface area contributed by atoms with Crippen LogP contribution in [0.4, 0.5) is 5.82 Å². The molecule has 4 nitrogen and oxygen atoms in total. The Morgan fingerprint density at radius 3 is 2.71 bits per heavy atom. The van der Waals surface area contributed by atoms with Gasteiger partial charge in [-0.25, -0.2) is 4.98 Å². The molecular formula is C18H15Cl2N3O. The van der Waals surface area contributed by atoms with Crippen molar-refractivity contribution in [2.24, 2.45) is 0 Å². The summed E-state index contributed by atoms with van der Waals surface area (Å²) in [6, 6.07) is 13.5. The second kappa shape index (κ2) is 6.55. The number of hydrogen-bond acceptors (Lipinski definition) is 4. The number of nitrogens with zero attached hydrogens (tertiary/aromatic N) is 3. The van der Waals surface area contributed by atoms with Crippen LogP contribution in [0.25, 0.3) is 11.0 Å². The highest BCUT2D eigenvalue weighted by Crippen LogP contribution is 2.30. The van der Waals surface area contributed by atoms with E-state index in [1.54, 1.807) is 6.07 Å². The average molecular weight is 360 g/mol. The van der Waals surface area contributed by atoms with Gasteiger partial charge in [-0.05, 0) is 29.8 Å². The van der Waals surface area contributed by atoms with Crippen molar-refractivity contribution in [1.29, 1.82) is 0 Å². The summed E-state index contributed by atoms with van der Waals surface area (Å²) in [5.41, 5.74) is 2.81. The van der Waals surface area contributed by atoms with Crippen molar-refractivity contribution in [3.63, 3.8) is 0 Å². The molecule has 0 saturated carbocycles. The van der Waals surface area contributed by atoms with E-state index < -0.39 is 0 Å². The van der Waals surface area contributed by atoms with Crippen molar-refractivity contribution in [3.05, 3.63) is 64.3 Å². The Hall–Kier alpha value is -1.88. The molecule has 0 aliphatic carbocycles. The van der Waals surface area contributed by atoms with Crippen LogP contribution in [0, 0.1) is 0 Å². The highest BCUT2D eigenvalue weighted by molar-refractivity contribution is 6.42. The molecule has 1 atom stereocenters. The van der Waals surface area contributed by atoms with Crippen LogP contribution >= 0.6 is 23.2 Å². The molecule has 0 bridgehead atoms. The smallest absolute Gasteiger partial charge is 0.148 e. The first kappa shape index (κ1) is 15.6. The maximum atomic E-state index is 6.13. The molecule has 2 aromatic carbocycles. The summed E-state index contributed by atoms with van der Waals surface area (Å²) < 4.78 is 5.91. The number of rotatable bonds is 2. The van der Waals surface area contributed by atoms with E-state index in [0.717, 1.165) is 29.0 Å². The first-order valence-corrected chi connectivity index (χ1v) is 8.49. The molecule has 4 rings (SSSR count). The lowest BCUT2D eigenvalue weighted by Crippen LogP contribution is -2.38. The molecule has 1 unspecified atom stereocenters. The van der Waals surface area contributed by atoms with Crippen molar-refractivity contribution in [3.8, 4) is 0 Å². The van der Waals surface area contributed by atoms with Gasteiger partial charge in [0.05, 0.1) is 33.9 Å². The first-order chi connectivity index (χ1) is 11.7. The van der Waals surface area contributed by atoms with Crippen molar-refractivity contribution >= 4 is 40.1 Å². The Labute approximate surface area is 150 Å². The van der Waals surface area contributed by atoms with E-state index in [4.69, 9.17) is 32.9 Å². The van der Waals surface area contributed by atoms with Gasteiger partial charge < -0.3 is 9.64 Å². The zero-order valence-electron chi connectivity index (χ0n) is 12.8. The third-order valence-corrected chi connectivity index (χ3v) is 4.88. The van der Waals surface area contributed by atoms with E-state index >= 15 is 0 Å². The molecule has 0 amide bonds. The molecule has 3 aromatic rings. The van der Waals surface area contributed by atoms with Crippen molar-refractivity contribution in [1.82, 2.24) is 9.97 Å². The molecule has 1 saturated heterocycles. The van der Waals surface area contributed by atoms with Gasteiger partial charge in [-0.3, -0.25) is 4.98 Å². The molecule has 1 fully saturated rings. The fraction of sp³-hybridized carbons (Fsp3) is 0.222. The zero-order valence-corrected chi connectivity index (χ0v) is 14.3. The highest BCUT2D eigenvalue weighted by Gasteiger charge is 2.23. The minimum Gasteiger partial charge on any atom is -0.370 e. The van der Waals surface area contributed by atoms with Crippen molar-refractivity contribution in [2.75, 3.05) is 24.6 Å². The summed E-state index contributed by atoms with van der Waals surface area (Å²) in [5, 5.41) is 1.09. The molecule has 1 aliphatic rings. The second-order valence-corrected chi connectivity index (χ2v) is 6.51. The number of hydrogen-bond donors (Lipinski definition) is 0. The summed E-state index contributed by atoms with van der Waals surface area (Å²) in [5.74, 6) is 0.863. The van der Waals surface area contributed by atoms with Gasteiger partial charge in [0.25, 0.3) is 0 Å².